The van der Waals surface area contributed by atoms with E-state index < -0.39 is 35.7 Å². The molecule has 4 aliphatic rings. The van der Waals surface area contributed by atoms with E-state index in [-0.39, 0.29) is 74.7 Å². The number of nitrogens with two attached hydrogens (primary N) is 4. The summed E-state index contributed by atoms with van der Waals surface area (Å²) in [4.78, 5) is 112. The van der Waals surface area contributed by atoms with E-state index in [4.69, 9.17) is 140 Å². The summed E-state index contributed by atoms with van der Waals surface area (Å²) >= 11 is 53.1. The number of benzene rings is 4. The van der Waals surface area contributed by atoms with Gasteiger partial charge in [0.1, 0.15) is 77.4 Å². The van der Waals surface area contributed by atoms with Gasteiger partial charge >= 0.3 is 24.0 Å². The number of carbonyl (C=O) groups excluding carboxylic acids is 5. The maximum Gasteiger partial charge on any atom is 0.411 e. The standard InChI is InChI=1S/C33H41Cl2N7O5.C28H33Cl2N7O3.C17H15Cl2N5O2.C12H10BrCl2N3/c1-33(2,3)47-32(45)42-14-13-21(15-28(42)31(44)46-22-7-4-5-8-22)39-29(43)19-41-18-20(16-38-41)27-17-37-30(36)26(40-27)12-11-23-24(34)9-6-10-25(23)35;29-21-6-3-7-22(30)20(21)8-9-23-27(31)33-14-25(36-23)17-13-34-37(15-17)16-26(38)35-18-10-11-32-24(12-18)28(39)40-19-4-1-2-5-19;18-12-2-1-3-13(19)11(12)4-5-14-17(20)21-7-15(23-14)10-6-22-24(8-10)9-16(25)26;13-11-6-17-12(16)10(18-11)5-4-7-8(14)2-1-3-9(7)15/h6,9-10,16-18,21-22,28H,4-5,7-8,11-15,19H2,1-3H3,(H2,36,37)(H,39,43);3,6-7,13-15,18-19,24,32H,1-2,4-5,8-12,16H2,(H2,31,33)(H,35,38);1-3,6-8H,4-5,9H2,(H2,20,21)(H,25,26);1-3,6H,4-5H2,(H2,16,17)/t21?,28-;18?,24-;;/m11../s1. The van der Waals surface area contributed by atoms with Crippen LogP contribution < -0.4 is 38.9 Å². The fraction of sp³-hybridized carbons (Fsp3) is 0.389. The number of likely N-dealkylation sites (tertiary alicyclic amines) is 1. The van der Waals surface area contributed by atoms with E-state index >= 15 is 0 Å². The van der Waals surface area contributed by atoms with Gasteiger partial charge in [-0.05, 0) is 242 Å². The summed E-state index contributed by atoms with van der Waals surface area (Å²) in [5, 5.41) is 35.6. The number of carbonyl (C=O) groups is 6. The van der Waals surface area contributed by atoms with Gasteiger partial charge in [-0.15, -0.1) is 0 Å². The van der Waals surface area contributed by atoms with Crippen molar-refractivity contribution >= 4 is 168 Å². The van der Waals surface area contributed by atoms with E-state index in [0.29, 0.717) is 190 Å². The normalized spacial score (nSPS) is 16.2. The lowest BCUT2D eigenvalue weighted by Crippen LogP contribution is -2.56. The van der Waals surface area contributed by atoms with Crippen molar-refractivity contribution in [1.29, 1.82) is 0 Å². The van der Waals surface area contributed by atoms with Gasteiger partial charge in [0.2, 0.25) is 11.8 Å². The smallest absolute Gasteiger partial charge is 0.411 e. The predicted molar refractivity (Wildman–Crippen MR) is 508 cm³/mol. The summed E-state index contributed by atoms with van der Waals surface area (Å²) in [7, 11) is 0. The molecule has 32 nitrogen and oxygen atoms in total. The molecule has 2 aliphatic heterocycles. The molecule has 15 rings (SSSR count). The Morgan fingerprint density at radius 3 is 1.17 bits per heavy atom. The zero-order chi connectivity index (χ0) is 93.6. The van der Waals surface area contributed by atoms with Crippen LogP contribution in [-0.2, 0) is 109 Å². The number of carboxylic acids is 1. The Hall–Kier alpha value is -10.6. The van der Waals surface area contributed by atoms with Gasteiger partial charge in [0.05, 0.1) is 83.2 Å². The lowest BCUT2D eigenvalue weighted by Gasteiger charge is -2.39. The first kappa shape index (κ1) is 99.4. The molecule has 3 amide bonds. The number of rotatable bonds is 27. The van der Waals surface area contributed by atoms with Crippen LogP contribution in [0.5, 0.6) is 0 Å². The minimum atomic E-state index is -0.972. The van der Waals surface area contributed by atoms with Crippen LogP contribution in [-0.4, -0.2) is 170 Å². The molecule has 2 saturated heterocycles. The monoisotopic (exact) mass is 2010 g/mol. The van der Waals surface area contributed by atoms with Crippen LogP contribution in [0.15, 0.2) is 139 Å². The van der Waals surface area contributed by atoms with Gasteiger partial charge in [-0.25, -0.2) is 49.5 Å². The molecule has 0 radical (unpaired) electrons. The number of nitrogen functional groups attached to an aromatic ring is 4. The van der Waals surface area contributed by atoms with Crippen molar-refractivity contribution in [2.45, 2.75) is 211 Å². The average molecular weight is 2010 g/mol. The van der Waals surface area contributed by atoms with Crippen molar-refractivity contribution in [3.05, 3.63) is 225 Å². The van der Waals surface area contributed by atoms with Gasteiger partial charge in [-0.2, -0.15) is 15.3 Å². The number of anilines is 4. The second-order valence-electron chi connectivity index (χ2n) is 32.7. The molecule has 9 heterocycles. The largest absolute Gasteiger partial charge is 0.480 e. The summed E-state index contributed by atoms with van der Waals surface area (Å²) in [6.45, 7) is 6.00. The zero-order valence-electron chi connectivity index (χ0n) is 71.9. The van der Waals surface area contributed by atoms with Crippen LogP contribution >= 0.6 is 109 Å². The van der Waals surface area contributed by atoms with E-state index in [9.17, 15) is 28.8 Å². The van der Waals surface area contributed by atoms with Gasteiger partial charge < -0.3 is 58.2 Å². The lowest BCUT2D eigenvalue weighted by molar-refractivity contribution is -0.157. The van der Waals surface area contributed by atoms with E-state index in [2.05, 4.69) is 82.1 Å². The number of esters is 2. The molecule has 12 N–H and O–H groups in total. The molecule has 2 unspecified atom stereocenters. The van der Waals surface area contributed by atoms with Crippen molar-refractivity contribution in [3.63, 3.8) is 0 Å². The van der Waals surface area contributed by atoms with Crippen LogP contribution in [0.25, 0.3) is 33.8 Å². The molecule has 4 fully saturated rings. The number of hydrogen-bond donors (Lipinski definition) is 8. The highest BCUT2D eigenvalue weighted by Gasteiger charge is 2.41. The van der Waals surface area contributed by atoms with Crippen molar-refractivity contribution in [3.8, 4) is 33.8 Å². The number of amides is 3. The van der Waals surface area contributed by atoms with E-state index in [1.165, 1.54) is 26.7 Å². The molecule has 2 saturated carbocycles. The van der Waals surface area contributed by atoms with Crippen LogP contribution in [0.3, 0.4) is 0 Å². The topological polar surface area (TPSA) is 450 Å². The van der Waals surface area contributed by atoms with E-state index in [0.717, 1.165) is 85.7 Å². The fourth-order valence-electron chi connectivity index (χ4n) is 15.2. The average Bonchev–Trinajstić information content (AvgIpc) is 1.73. The summed E-state index contributed by atoms with van der Waals surface area (Å²) in [6.07, 6.45) is 29.6. The van der Waals surface area contributed by atoms with E-state index in [1.807, 2.05) is 18.2 Å². The highest BCUT2D eigenvalue weighted by molar-refractivity contribution is 9.10. The Kier molecular flexibility index (Phi) is 35.8. The molecule has 692 valence electrons. The Morgan fingerprint density at radius 1 is 0.458 bits per heavy atom. The molecular formula is C90H99BrCl8N22O10. The van der Waals surface area contributed by atoms with Crippen LogP contribution in [0.2, 0.25) is 40.2 Å². The second kappa shape index (κ2) is 47.2. The number of aliphatic carboxylic acids is 1. The number of nitrogens with one attached hydrogen (secondary N) is 3. The molecule has 2 aliphatic carbocycles. The number of halogens is 9. The molecule has 7 aromatic heterocycles. The van der Waals surface area contributed by atoms with Gasteiger partial charge in [0.25, 0.3) is 0 Å². The molecule has 4 aromatic carbocycles. The maximum atomic E-state index is 13.3. The summed E-state index contributed by atoms with van der Waals surface area (Å²) in [5.74, 6) is -0.697. The number of aryl methyl sites for hydroxylation is 4. The number of ether oxygens (including phenoxy) is 3. The van der Waals surface area contributed by atoms with Gasteiger partial charge in [-0.3, -0.25) is 38.1 Å². The number of piperidine rings is 2. The Morgan fingerprint density at radius 2 is 0.802 bits per heavy atom. The quantitative estimate of drug-likeness (QED) is 0.0175. The minimum Gasteiger partial charge on any atom is -0.480 e. The maximum absolute atomic E-state index is 13.3. The van der Waals surface area contributed by atoms with E-state index in [1.54, 1.807) is 130 Å². The first-order valence-corrected chi connectivity index (χ1v) is 46.4. The van der Waals surface area contributed by atoms with Crippen molar-refractivity contribution in [1.82, 2.24) is 90.1 Å². The summed E-state index contributed by atoms with van der Waals surface area (Å²) < 4.78 is 22.0. The first-order valence-electron chi connectivity index (χ1n) is 42.6. The summed E-state index contributed by atoms with van der Waals surface area (Å²) in [6, 6.07) is 19.9. The van der Waals surface area contributed by atoms with Crippen LogP contribution in [0.4, 0.5) is 28.1 Å². The zero-order valence-corrected chi connectivity index (χ0v) is 79.5. The molecule has 4 atom stereocenters. The number of hydrogen-bond acceptors (Lipinski definition) is 25. The second-order valence-corrected chi connectivity index (χ2v) is 36.8. The predicted octanol–water partition coefficient (Wildman–Crippen LogP) is 16.1. The fourth-order valence-corrected chi connectivity index (χ4v) is 17.9. The Balaban J connectivity index is 0.000000167. The SMILES string of the molecule is CC(C)(C)OC(=O)N1CCC(NC(=O)Cn2cc(-c3cnc(N)c(CCc4c(Cl)cccc4Cl)n3)cn2)C[C@@H]1C(=O)OC1CCCC1.Nc1ncc(-c2cnn(CC(=O)NC3CCN[C@@H](C(=O)OC4CCCC4)C3)c2)nc1CCc1c(Cl)cccc1Cl.Nc1ncc(-c2cnn(CC(=O)O)c2)nc1CCc1c(Cl)cccc1Cl.Nc1ncc(Br)nc1CCc1c(Cl)cccc1Cl. The minimum absolute atomic E-state index is 0.0287. The first-order chi connectivity index (χ1) is 62.7. The number of nitrogens with zero attached hydrogens (tertiary/aromatic N) is 15. The molecule has 131 heavy (non-hydrogen) atoms. The van der Waals surface area contributed by atoms with Crippen LogP contribution in [0, 0.1) is 0 Å². The number of carboxylic acid groups (broad SMARTS) is 1. The van der Waals surface area contributed by atoms with Gasteiger partial charge in [-0.1, -0.05) is 117 Å². The summed E-state index contributed by atoms with van der Waals surface area (Å²) in [5.41, 5.74) is 32.9. The lowest BCUT2D eigenvalue weighted by atomic mass is 9.97. The van der Waals surface area contributed by atoms with Crippen molar-refractivity contribution in [2.24, 2.45) is 0 Å². The Labute approximate surface area is 805 Å². The molecular weight excluding hydrogens is 1910 g/mol. The molecule has 11 aromatic rings. The van der Waals surface area contributed by atoms with Gasteiger partial charge in [0, 0.05) is 94.1 Å². The highest BCUT2D eigenvalue weighted by Crippen LogP contribution is 2.34. The van der Waals surface area contributed by atoms with Crippen LogP contribution in [0.1, 0.15) is 143 Å². The van der Waals surface area contributed by atoms with Crippen molar-refractivity contribution < 1.29 is 48.1 Å². The third-order valence-corrected chi connectivity index (χ3v) is 25.2. The molecule has 0 bridgehead atoms. The third kappa shape index (κ3) is 29.0. The number of aromatic nitrogens is 14. The Bertz CT molecular complexity index is 5770. The molecule has 0 spiro atoms. The van der Waals surface area contributed by atoms with Crippen molar-refractivity contribution in [2.75, 3.05) is 36.0 Å². The third-order valence-electron chi connectivity index (χ3n) is 22.0. The highest BCUT2D eigenvalue weighted by atomic mass is 79.9. The van der Waals surface area contributed by atoms with Gasteiger partial charge in [0.15, 0.2) is 0 Å². The molecule has 41 heteroatoms.